The molecule has 0 bridgehead atoms. The predicted octanol–water partition coefficient (Wildman–Crippen LogP) is 3.92. The van der Waals surface area contributed by atoms with Crippen molar-refractivity contribution in [3.05, 3.63) is 89.3 Å². The van der Waals surface area contributed by atoms with E-state index in [1.165, 1.54) is 12.1 Å². The van der Waals surface area contributed by atoms with Crippen LogP contribution < -0.4 is 5.73 Å². The minimum Gasteiger partial charge on any atom is -0.399 e. The van der Waals surface area contributed by atoms with Crippen molar-refractivity contribution < 1.29 is 4.39 Å². The number of hydrogen-bond acceptors (Lipinski definition) is 5. The number of fused-ring (bicyclic) bond motifs is 1. The molecule has 31 heavy (non-hydrogen) atoms. The molecule has 2 N–H and O–H groups in total. The number of hydrogen-bond donors (Lipinski definition) is 1. The lowest BCUT2D eigenvalue weighted by Gasteiger charge is -2.27. The summed E-state index contributed by atoms with van der Waals surface area (Å²) in [7, 11) is 0. The molecule has 0 aliphatic carbocycles. The number of anilines is 1. The van der Waals surface area contributed by atoms with Gasteiger partial charge < -0.3 is 5.73 Å². The highest BCUT2D eigenvalue weighted by molar-refractivity contribution is 5.58. The van der Waals surface area contributed by atoms with E-state index in [4.69, 9.17) is 10.7 Å². The third-order valence-electron chi connectivity index (χ3n) is 5.67. The van der Waals surface area contributed by atoms with Crippen molar-refractivity contribution in [3.8, 4) is 17.1 Å². The van der Waals surface area contributed by atoms with E-state index in [0.717, 1.165) is 71.3 Å². The normalized spacial score (nSPS) is 13.9. The Morgan fingerprint density at radius 1 is 1.06 bits per heavy atom. The Morgan fingerprint density at radius 3 is 2.61 bits per heavy atom. The molecule has 2 aromatic heterocycles. The summed E-state index contributed by atoms with van der Waals surface area (Å²) in [6.45, 7) is 4.53. The Labute approximate surface area is 180 Å². The van der Waals surface area contributed by atoms with Crippen LogP contribution in [0.1, 0.15) is 22.5 Å². The van der Waals surface area contributed by atoms with Gasteiger partial charge in [-0.3, -0.25) is 4.90 Å². The van der Waals surface area contributed by atoms with Crippen molar-refractivity contribution in [2.24, 2.45) is 0 Å². The van der Waals surface area contributed by atoms with Crippen LogP contribution in [-0.4, -0.2) is 31.2 Å². The number of nitrogens with two attached hydrogens (primary N) is 1. The first kappa shape index (κ1) is 19.4. The minimum atomic E-state index is -0.249. The average Bonchev–Trinajstić information content (AvgIpc) is 3.14. The smallest absolute Gasteiger partial charge is 0.159 e. The van der Waals surface area contributed by atoms with Crippen molar-refractivity contribution in [3.63, 3.8) is 0 Å². The molecule has 5 rings (SSSR count). The van der Waals surface area contributed by atoms with E-state index in [-0.39, 0.29) is 5.82 Å². The molecule has 0 fully saturated rings. The molecule has 1 aliphatic rings. The summed E-state index contributed by atoms with van der Waals surface area (Å²) in [6.07, 6.45) is 4.85. The Bertz CT molecular complexity index is 1210. The van der Waals surface area contributed by atoms with Crippen molar-refractivity contribution in [2.45, 2.75) is 26.4 Å². The molecule has 156 valence electrons. The van der Waals surface area contributed by atoms with Gasteiger partial charge in [0.15, 0.2) is 5.82 Å². The Hall–Kier alpha value is -3.58. The van der Waals surface area contributed by atoms with Crippen molar-refractivity contribution in [1.29, 1.82) is 0 Å². The van der Waals surface area contributed by atoms with Crippen LogP contribution in [0.2, 0.25) is 0 Å². The zero-order valence-electron chi connectivity index (χ0n) is 17.3. The fourth-order valence-electron chi connectivity index (χ4n) is 3.90. The Kier molecular flexibility index (Phi) is 4.95. The average molecular weight is 414 g/mol. The molecule has 0 radical (unpaired) electrons. The summed E-state index contributed by atoms with van der Waals surface area (Å²) in [6, 6.07) is 14.0. The van der Waals surface area contributed by atoms with E-state index in [2.05, 4.69) is 15.0 Å². The largest absolute Gasteiger partial charge is 0.399 e. The zero-order chi connectivity index (χ0) is 21.4. The SMILES string of the molecule is Cc1nn(-c2ccc(F)cc2)cc1CN1CCc2nc(-c3ccc(N)cc3)ncc2C1. The second-order valence-corrected chi connectivity index (χ2v) is 7.91. The number of aryl methyl sites for hydroxylation is 1. The van der Waals surface area contributed by atoms with Gasteiger partial charge in [-0.25, -0.2) is 19.0 Å². The Morgan fingerprint density at radius 2 is 1.84 bits per heavy atom. The summed E-state index contributed by atoms with van der Waals surface area (Å²) >= 11 is 0. The number of nitrogen functional groups attached to an aromatic ring is 1. The molecule has 0 spiro atoms. The number of aromatic nitrogens is 4. The molecule has 6 nitrogen and oxygen atoms in total. The van der Waals surface area contributed by atoms with Crippen LogP contribution >= 0.6 is 0 Å². The monoisotopic (exact) mass is 414 g/mol. The van der Waals surface area contributed by atoms with Crippen molar-refractivity contribution >= 4 is 5.69 Å². The van der Waals surface area contributed by atoms with E-state index in [1.54, 1.807) is 12.1 Å². The predicted molar refractivity (Wildman–Crippen MR) is 118 cm³/mol. The van der Waals surface area contributed by atoms with Gasteiger partial charge in [-0.2, -0.15) is 5.10 Å². The van der Waals surface area contributed by atoms with Crippen LogP contribution in [-0.2, 0) is 19.5 Å². The third-order valence-corrected chi connectivity index (χ3v) is 5.67. The van der Waals surface area contributed by atoms with Gasteiger partial charge in [-0.05, 0) is 55.5 Å². The van der Waals surface area contributed by atoms with E-state index >= 15 is 0 Å². The van der Waals surface area contributed by atoms with E-state index in [1.807, 2.05) is 48.3 Å². The first-order valence-corrected chi connectivity index (χ1v) is 10.3. The highest BCUT2D eigenvalue weighted by Crippen LogP contribution is 2.23. The fourth-order valence-corrected chi connectivity index (χ4v) is 3.90. The third kappa shape index (κ3) is 4.04. The maximum absolute atomic E-state index is 13.2. The van der Waals surface area contributed by atoms with Crippen LogP contribution in [0, 0.1) is 12.7 Å². The Balaban J connectivity index is 1.31. The van der Waals surface area contributed by atoms with Crippen molar-refractivity contribution in [1.82, 2.24) is 24.6 Å². The molecule has 0 atom stereocenters. The van der Waals surface area contributed by atoms with Crippen LogP contribution in [0.4, 0.5) is 10.1 Å². The lowest BCUT2D eigenvalue weighted by atomic mass is 10.1. The van der Waals surface area contributed by atoms with Gasteiger partial charge in [0.25, 0.3) is 0 Å². The van der Waals surface area contributed by atoms with E-state index < -0.39 is 0 Å². The quantitative estimate of drug-likeness (QED) is 0.513. The number of rotatable bonds is 4. The van der Waals surface area contributed by atoms with Crippen LogP contribution in [0.5, 0.6) is 0 Å². The van der Waals surface area contributed by atoms with Gasteiger partial charge in [0, 0.05) is 60.8 Å². The first-order chi connectivity index (χ1) is 15.0. The maximum Gasteiger partial charge on any atom is 0.159 e. The first-order valence-electron chi connectivity index (χ1n) is 10.3. The number of benzene rings is 2. The van der Waals surface area contributed by atoms with Crippen molar-refractivity contribution in [2.75, 3.05) is 12.3 Å². The van der Waals surface area contributed by atoms with Gasteiger partial charge in [-0.1, -0.05) is 0 Å². The summed E-state index contributed by atoms with van der Waals surface area (Å²) in [5, 5.41) is 4.61. The molecule has 0 unspecified atom stereocenters. The highest BCUT2D eigenvalue weighted by Gasteiger charge is 2.20. The van der Waals surface area contributed by atoms with Crippen LogP contribution in [0.15, 0.2) is 60.9 Å². The molecular formula is C24H23FN6. The van der Waals surface area contributed by atoms with Gasteiger partial charge in [0.2, 0.25) is 0 Å². The van der Waals surface area contributed by atoms with E-state index in [9.17, 15) is 4.39 Å². The molecule has 2 aromatic carbocycles. The van der Waals surface area contributed by atoms with Crippen LogP contribution in [0.3, 0.4) is 0 Å². The summed E-state index contributed by atoms with van der Waals surface area (Å²) in [5.74, 6) is 0.491. The molecule has 0 saturated heterocycles. The molecular weight excluding hydrogens is 391 g/mol. The van der Waals surface area contributed by atoms with Gasteiger partial charge >= 0.3 is 0 Å². The van der Waals surface area contributed by atoms with Gasteiger partial charge in [0.1, 0.15) is 5.82 Å². The van der Waals surface area contributed by atoms with Gasteiger partial charge in [-0.15, -0.1) is 0 Å². The number of halogens is 1. The highest BCUT2D eigenvalue weighted by atomic mass is 19.1. The van der Waals surface area contributed by atoms with Crippen LogP contribution in [0.25, 0.3) is 17.1 Å². The molecule has 4 aromatic rings. The summed E-state index contributed by atoms with van der Waals surface area (Å²) in [5.41, 5.74) is 12.7. The molecule has 1 aliphatic heterocycles. The number of nitrogens with zero attached hydrogens (tertiary/aromatic N) is 5. The molecule has 0 saturated carbocycles. The molecule has 7 heteroatoms. The van der Waals surface area contributed by atoms with E-state index in [0.29, 0.717) is 0 Å². The summed E-state index contributed by atoms with van der Waals surface area (Å²) < 4.78 is 15.0. The molecule has 3 heterocycles. The second-order valence-electron chi connectivity index (χ2n) is 7.91. The lowest BCUT2D eigenvalue weighted by Crippen LogP contribution is -2.31. The second kappa shape index (κ2) is 7.92. The lowest BCUT2D eigenvalue weighted by molar-refractivity contribution is 0.242. The standard InChI is InChI=1S/C24H23FN6/c1-16-19(15-31(29-16)22-8-4-20(25)5-9-22)14-30-11-10-23-18(13-30)12-27-24(28-23)17-2-6-21(26)7-3-17/h2-9,12,15H,10-11,13-14,26H2,1H3. The zero-order valence-corrected chi connectivity index (χ0v) is 17.3. The minimum absolute atomic E-state index is 0.249. The fraction of sp³-hybridized carbons (Fsp3) is 0.208. The topological polar surface area (TPSA) is 72.9 Å². The molecule has 0 amide bonds. The maximum atomic E-state index is 13.2. The summed E-state index contributed by atoms with van der Waals surface area (Å²) in [4.78, 5) is 11.8. The van der Waals surface area contributed by atoms with Gasteiger partial charge in [0.05, 0.1) is 17.1 Å².